The topological polar surface area (TPSA) is 59.4 Å². The zero-order chi connectivity index (χ0) is 18.8. The van der Waals surface area contributed by atoms with Crippen molar-refractivity contribution >= 4 is 5.97 Å². The van der Waals surface area contributed by atoms with Gasteiger partial charge in [-0.25, -0.2) is 0 Å². The molecule has 0 aliphatic carbocycles. The minimum absolute atomic E-state index is 0.556. The molecule has 0 aliphatic heterocycles. The molecule has 2 rings (SSSR count). The number of halogens is 6. The summed E-state index contributed by atoms with van der Waals surface area (Å²) in [5.41, 5.74) is -3.44. The number of ether oxygens (including phenoxy) is 1. The van der Waals surface area contributed by atoms with Crippen molar-refractivity contribution in [1.82, 2.24) is 4.98 Å². The van der Waals surface area contributed by atoms with E-state index < -0.39 is 53.1 Å². The van der Waals surface area contributed by atoms with Crippen molar-refractivity contribution in [3.8, 4) is 17.0 Å². The molecule has 0 saturated heterocycles. The van der Waals surface area contributed by atoms with Crippen molar-refractivity contribution in [2.75, 3.05) is 0 Å². The third-order valence-corrected chi connectivity index (χ3v) is 3.03. The van der Waals surface area contributed by atoms with E-state index in [1.165, 1.54) is 6.07 Å². The fraction of sp³-hybridized carbons (Fsp3) is 0.200. The Morgan fingerprint density at radius 1 is 1.08 bits per heavy atom. The van der Waals surface area contributed by atoms with Gasteiger partial charge >= 0.3 is 18.5 Å². The summed E-state index contributed by atoms with van der Waals surface area (Å²) in [5, 5.41) is 8.76. The van der Waals surface area contributed by atoms with Gasteiger partial charge in [0.05, 0.1) is 17.7 Å². The molecule has 1 aromatic carbocycles. The van der Waals surface area contributed by atoms with Crippen molar-refractivity contribution in [1.29, 1.82) is 0 Å². The van der Waals surface area contributed by atoms with Crippen molar-refractivity contribution in [2.24, 2.45) is 0 Å². The van der Waals surface area contributed by atoms with Crippen molar-refractivity contribution in [2.45, 2.75) is 19.0 Å². The summed E-state index contributed by atoms with van der Waals surface area (Å²) in [5.74, 6) is -2.40. The fourth-order valence-electron chi connectivity index (χ4n) is 2.21. The standard InChI is InChI=1S/C15H9F6NO3/c16-14(17,18)12-8(7-11(23)24)5-6-22-13(12)9-3-1-2-4-10(9)25-15(19,20)21/h1-6H,7H2,(H,23,24). The number of carboxylic acids is 1. The van der Waals surface area contributed by atoms with Crippen LogP contribution in [-0.2, 0) is 17.4 Å². The fourth-order valence-corrected chi connectivity index (χ4v) is 2.21. The molecule has 1 N–H and O–H groups in total. The van der Waals surface area contributed by atoms with Crippen LogP contribution in [0.5, 0.6) is 5.75 Å². The minimum atomic E-state index is -5.12. The molecule has 0 spiro atoms. The quantitative estimate of drug-likeness (QED) is 0.821. The monoisotopic (exact) mass is 365 g/mol. The van der Waals surface area contributed by atoms with Gasteiger partial charge in [-0.05, 0) is 23.8 Å². The molecule has 1 heterocycles. The third-order valence-electron chi connectivity index (χ3n) is 3.03. The van der Waals surface area contributed by atoms with Crippen molar-refractivity contribution in [3.05, 3.63) is 47.7 Å². The Morgan fingerprint density at radius 2 is 1.72 bits per heavy atom. The number of carboxylic acid groups (broad SMARTS) is 1. The molecule has 1 aromatic heterocycles. The van der Waals surface area contributed by atoms with E-state index in [9.17, 15) is 31.1 Å². The highest BCUT2D eigenvalue weighted by Crippen LogP contribution is 2.42. The number of nitrogens with zero attached hydrogens (tertiary/aromatic N) is 1. The number of carbonyl (C=O) groups is 1. The van der Waals surface area contributed by atoms with Gasteiger partial charge in [-0.15, -0.1) is 13.2 Å². The molecule has 0 bridgehead atoms. The van der Waals surface area contributed by atoms with E-state index in [1.54, 1.807) is 0 Å². The predicted molar refractivity (Wildman–Crippen MR) is 72.7 cm³/mol. The third kappa shape index (κ3) is 4.61. The highest BCUT2D eigenvalue weighted by Gasteiger charge is 2.39. The lowest BCUT2D eigenvalue weighted by Crippen LogP contribution is -2.19. The maximum atomic E-state index is 13.4. The first-order valence-electron chi connectivity index (χ1n) is 6.61. The number of hydrogen-bond donors (Lipinski definition) is 1. The molecule has 0 amide bonds. The summed E-state index contributed by atoms with van der Waals surface area (Å²) in [7, 11) is 0. The van der Waals surface area contributed by atoms with Crippen LogP contribution in [0.2, 0.25) is 0 Å². The first-order valence-corrected chi connectivity index (χ1v) is 6.61. The van der Waals surface area contributed by atoms with Gasteiger partial charge in [-0.1, -0.05) is 12.1 Å². The smallest absolute Gasteiger partial charge is 0.481 e. The second kappa shape index (κ2) is 6.61. The molecule has 0 radical (unpaired) electrons. The molecule has 25 heavy (non-hydrogen) atoms. The van der Waals surface area contributed by atoms with Crippen LogP contribution in [0.4, 0.5) is 26.3 Å². The summed E-state index contributed by atoms with van der Waals surface area (Å²) in [4.78, 5) is 14.3. The van der Waals surface area contributed by atoms with Gasteiger partial charge in [0, 0.05) is 11.8 Å². The number of aliphatic carboxylic acids is 1. The Labute approximate surface area is 136 Å². The van der Waals surface area contributed by atoms with Gasteiger partial charge < -0.3 is 9.84 Å². The molecular weight excluding hydrogens is 356 g/mol. The average Bonchev–Trinajstić information content (AvgIpc) is 2.44. The molecule has 2 aromatic rings. The Bertz CT molecular complexity index is 786. The van der Waals surface area contributed by atoms with Crippen molar-refractivity contribution in [3.63, 3.8) is 0 Å². The molecule has 0 atom stereocenters. The summed E-state index contributed by atoms with van der Waals surface area (Å²) in [6, 6.07) is 5.04. The number of alkyl halides is 6. The number of para-hydroxylation sites is 1. The van der Waals surface area contributed by atoms with Crippen LogP contribution >= 0.6 is 0 Å². The zero-order valence-electron chi connectivity index (χ0n) is 12.1. The highest BCUT2D eigenvalue weighted by atomic mass is 19.4. The second-order valence-corrected chi connectivity index (χ2v) is 4.81. The van der Waals surface area contributed by atoms with Crippen LogP contribution in [0, 0.1) is 0 Å². The number of rotatable bonds is 4. The van der Waals surface area contributed by atoms with E-state index in [2.05, 4.69) is 9.72 Å². The summed E-state index contributed by atoms with van der Waals surface area (Å²) in [6.45, 7) is 0. The Morgan fingerprint density at radius 3 is 2.28 bits per heavy atom. The lowest BCUT2D eigenvalue weighted by atomic mass is 9.98. The van der Waals surface area contributed by atoms with Crippen molar-refractivity contribution < 1.29 is 41.0 Å². The molecule has 0 aliphatic rings. The second-order valence-electron chi connectivity index (χ2n) is 4.81. The maximum Gasteiger partial charge on any atom is 0.573 e. The molecule has 0 unspecified atom stereocenters. The highest BCUT2D eigenvalue weighted by molar-refractivity contribution is 5.75. The van der Waals surface area contributed by atoms with Gasteiger partial charge in [0.2, 0.25) is 0 Å². The van der Waals surface area contributed by atoms with Gasteiger partial charge in [-0.3, -0.25) is 9.78 Å². The van der Waals surface area contributed by atoms with Crippen LogP contribution < -0.4 is 4.74 Å². The van der Waals surface area contributed by atoms with Crippen LogP contribution in [-0.4, -0.2) is 22.4 Å². The lowest BCUT2D eigenvalue weighted by Gasteiger charge is -2.18. The maximum absolute atomic E-state index is 13.4. The zero-order valence-corrected chi connectivity index (χ0v) is 12.1. The SMILES string of the molecule is O=C(O)Cc1ccnc(-c2ccccc2OC(F)(F)F)c1C(F)(F)F. The van der Waals surface area contributed by atoms with Crippen LogP contribution in [0.15, 0.2) is 36.5 Å². The van der Waals surface area contributed by atoms with Gasteiger partial charge in [0.25, 0.3) is 0 Å². The number of benzene rings is 1. The largest absolute Gasteiger partial charge is 0.573 e. The number of pyridine rings is 1. The van der Waals surface area contributed by atoms with E-state index >= 15 is 0 Å². The first-order chi connectivity index (χ1) is 11.5. The van der Waals surface area contributed by atoms with E-state index in [-0.39, 0.29) is 0 Å². The molecule has 4 nitrogen and oxygen atoms in total. The van der Waals surface area contributed by atoms with Gasteiger partial charge in [-0.2, -0.15) is 13.2 Å². The van der Waals surface area contributed by atoms with E-state index in [1.807, 2.05) is 0 Å². The summed E-state index contributed by atoms with van der Waals surface area (Å²) < 4.78 is 81.4. The Kier molecular flexibility index (Phi) is 4.91. The van der Waals surface area contributed by atoms with E-state index in [4.69, 9.17) is 5.11 Å². The van der Waals surface area contributed by atoms with Gasteiger partial charge in [0.1, 0.15) is 5.75 Å². The van der Waals surface area contributed by atoms with Crippen LogP contribution in [0.3, 0.4) is 0 Å². The molecule has 134 valence electrons. The molecule has 0 saturated carbocycles. The molecule has 10 heteroatoms. The minimum Gasteiger partial charge on any atom is -0.481 e. The summed E-state index contributed by atoms with van der Waals surface area (Å²) in [6.07, 6.45) is -10.2. The number of hydrogen-bond acceptors (Lipinski definition) is 3. The van der Waals surface area contributed by atoms with E-state index in [0.717, 1.165) is 30.5 Å². The van der Waals surface area contributed by atoms with Gasteiger partial charge in [0.15, 0.2) is 0 Å². The molecule has 0 fully saturated rings. The summed E-state index contributed by atoms with van der Waals surface area (Å²) >= 11 is 0. The van der Waals surface area contributed by atoms with E-state index in [0.29, 0.717) is 0 Å². The Balaban J connectivity index is 2.70. The van der Waals surface area contributed by atoms with Crippen LogP contribution in [0.25, 0.3) is 11.3 Å². The Hall–Kier alpha value is -2.78. The lowest BCUT2D eigenvalue weighted by molar-refractivity contribution is -0.274. The predicted octanol–water partition coefficient (Wildman–Crippen LogP) is 4.29. The number of aromatic nitrogens is 1. The normalized spacial score (nSPS) is 12.1. The first kappa shape index (κ1) is 18.6. The molecular formula is C15H9F6NO3. The van der Waals surface area contributed by atoms with Crippen LogP contribution in [0.1, 0.15) is 11.1 Å². The average molecular weight is 365 g/mol.